The van der Waals surface area contributed by atoms with Crippen molar-refractivity contribution in [2.45, 2.75) is 33.9 Å². The van der Waals surface area contributed by atoms with E-state index in [1.54, 1.807) is 4.68 Å². The van der Waals surface area contributed by atoms with Crippen LogP contribution in [0.15, 0.2) is 30.3 Å². The highest BCUT2D eigenvalue weighted by Gasteiger charge is 2.03. The molecule has 2 rings (SSSR count). The molecule has 1 N–H and O–H groups in total. The van der Waals surface area contributed by atoms with Crippen molar-refractivity contribution in [1.82, 2.24) is 15.1 Å². The van der Waals surface area contributed by atoms with Crippen LogP contribution in [0.25, 0.3) is 0 Å². The first-order valence-electron chi connectivity index (χ1n) is 7.46. The van der Waals surface area contributed by atoms with Gasteiger partial charge in [-0.05, 0) is 30.5 Å². The van der Waals surface area contributed by atoms with E-state index in [0.717, 1.165) is 24.7 Å². The van der Waals surface area contributed by atoms with E-state index in [1.807, 2.05) is 20.0 Å². The predicted molar refractivity (Wildman–Crippen MR) is 85.3 cm³/mol. The van der Waals surface area contributed by atoms with Crippen molar-refractivity contribution in [1.29, 1.82) is 0 Å². The zero-order chi connectivity index (χ0) is 15.2. The van der Waals surface area contributed by atoms with Gasteiger partial charge in [0.15, 0.2) is 0 Å². The molecule has 0 spiro atoms. The summed E-state index contributed by atoms with van der Waals surface area (Å²) in [5.41, 5.74) is 3.44. The van der Waals surface area contributed by atoms with Gasteiger partial charge in [0.05, 0.1) is 5.69 Å². The fraction of sp³-hybridized carbons (Fsp3) is 0.471. The Hall–Kier alpha value is -1.81. The van der Waals surface area contributed by atoms with Crippen LogP contribution in [0.4, 0.5) is 0 Å². The third-order valence-corrected chi connectivity index (χ3v) is 3.25. The fourth-order valence-corrected chi connectivity index (χ4v) is 2.14. The summed E-state index contributed by atoms with van der Waals surface area (Å²) in [4.78, 5) is 0. The Morgan fingerprint density at radius 2 is 1.86 bits per heavy atom. The van der Waals surface area contributed by atoms with Crippen LogP contribution in [0.5, 0.6) is 5.88 Å². The average molecular weight is 287 g/mol. The number of aromatic nitrogens is 2. The maximum Gasteiger partial charge on any atom is 0.212 e. The van der Waals surface area contributed by atoms with E-state index in [-0.39, 0.29) is 0 Å². The molecule has 0 radical (unpaired) electrons. The van der Waals surface area contributed by atoms with Gasteiger partial charge >= 0.3 is 0 Å². The average Bonchev–Trinajstić information content (AvgIpc) is 2.76. The molecule has 0 bridgehead atoms. The molecule has 0 saturated carbocycles. The number of nitrogens with one attached hydrogen (secondary N) is 1. The number of rotatable bonds is 7. The van der Waals surface area contributed by atoms with Crippen molar-refractivity contribution in [3.8, 4) is 5.88 Å². The van der Waals surface area contributed by atoms with Crippen LogP contribution in [0.2, 0.25) is 0 Å². The maximum atomic E-state index is 5.78. The van der Waals surface area contributed by atoms with Gasteiger partial charge in [0, 0.05) is 19.7 Å². The monoisotopic (exact) mass is 287 g/mol. The summed E-state index contributed by atoms with van der Waals surface area (Å²) in [6, 6.07) is 10.5. The highest BCUT2D eigenvalue weighted by atomic mass is 16.5. The van der Waals surface area contributed by atoms with E-state index >= 15 is 0 Å². The van der Waals surface area contributed by atoms with Crippen molar-refractivity contribution in [3.63, 3.8) is 0 Å². The van der Waals surface area contributed by atoms with Crippen LogP contribution >= 0.6 is 0 Å². The molecule has 0 amide bonds. The summed E-state index contributed by atoms with van der Waals surface area (Å²) >= 11 is 0. The minimum Gasteiger partial charge on any atom is -0.473 e. The Labute approximate surface area is 127 Å². The molecular weight excluding hydrogens is 262 g/mol. The number of benzene rings is 1. The molecule has 0 aliphatic heterocycles. The molecule has 0 unspecified atom stereocenters. The predicted octanol–water partition coefficient (Wildman–Crippen LogP) is 3.05. The topological polar surface area (TPSA) is 39.1 Å². The van der Waals surface area contributed by atoms with Gasteiger partial charge in [-0.15, -0.1) is 0 Å². The van der Waals surface area contributed by atoms with E-state index in [4.69, 9.17) is 4.74 Å². The molecule has 0 aliphatic carbocycles. The lowest BCUT2D eigenvalue weighted by molar-refractivity contribution is 0.279. The molecule has 0 aliphatic rings. The Morgan fingerprint density at radius 3 is 2.43 bits per heavy atom. The van der Waals surface area contributed by atoms with E-state index < -0.39 is 0 Å². The largest absolute Gasteiger partial charge is 0.473 e. The molecule has 4 nitrogen and oxygen atoms in total. The number of hydrogen-bond acceptors (Lipinski definition) is 3. The summed E-state index contributed by atoms with van der Waals surface area (Å²) in [6.07, 6.45) is 0. The number of hydrogen-bond donors (Lipinski definition) is 1. The second kappa shape index (κ2) is 7.27. The first kappa shape index (κ1) is 15.6. The zero-order valence-corrected chi connectivity index (χ0v) is 13.4. The summed E-state index contributed by atoms with van der Waals surface area (Å²) < 4.78 is 7.54. The third kappa shape index (κ3) is 4.90. The van der Waals surface area contributed by atoms with Crippen LogP contribution in [-0.2, 0) is 20.2 Å². The van der Waals surface area contributed by atoms with Gasteiger partial charge in [0.25, 0.3) is 0 Å². The lowest BCUT2D eigenvalue weighted by Crippen LogP contribution is -2.18. The molecule has 2 aromatic rings. The third-order valence-electron chi connectivity index (χ3n) is 3.25. The lowest BCUT2D eigenvalue weighted by atomic mass is 10.1. The Kier molecular flexibility index (Phi) is 5.39. The van der Waals surface area contributed by atoms with E-state index in [9.17, 15) is 0 Å². The fourth-order valence-electron chi connectivity index (χ4n) is 2.14. The van der Waals surface area contributed by atoms with E-state index in [2.05, 4.69) is 48.5 Å². The molecular formula is C17H25N3O. The van der Waals surface area contributed by atoms with Crippen LogP contribution in [0.1, 0.15) is 30.7 Å². The quantitative estimate of drug-likeness (QED) is 0.850. The van der Waals surface area contributed by atoms with Gasteiger partial charge in [-0.1, -0.05) is 38.1 Å². The minimum atomic E-state index is 0.568. The first-order valence-corrected chi connectivity index (χ1v) is 7.46. The lowest BCUT2D eigenvalue weighted by Gasteiger charge is -2.09. The molecule has 1 heterocycles. The molecule has 0 atom stereocenters. The summed E-state index contributed by atoms with van der Waals surface area (Å²) in [7, 11) is 1.89. The molecule has 0 saturated heterocycles. The normalized spacial score (nSPS) is 11.1. The van der Waals surface area contributed by atoms with Crippen LogP contribution in [-0.4, -0.2) is 16.3 Å². The van der Waals surface area contributed by atoms with Crippen molar-refractivity contribution in [3.05, 3.63) is 47.2 Å². The standard InChI is InChI=1S/C17H25N3O/c1-13(2)10-18-11-15-5-7-16(8-6-15)12-21-17-9-14(3)19-20(17)4/h5-9,13,18H,10-12H2,1-4H3. The smallest absolute Gasteiger partial charge is 0.212 e. The van der Waals surface area contributed by atoms with E-state index in [0.29, 0.717) is 12.5 Å². The summed E-state index contributed by atoms with van der Waals surface area (Å²) in [5.74, 6) is 1.48. The van der Waals surface area contributed by atoms with Gasteiger partial charge in [0.2, 0.25) is 5.88 Å². The van der Waals surface area contributed by atoms with Gasteiger partial charge in [-0.3, -0.25) is 0 Å². The zero-order valence-electron chi connectivity index (χ0n) is 13.4. The SMILES string of the molecule is Cc1cc(OCc2ccc(CNCC(C)C)cc2)n(C)n1. The second-order valence-electron chi connectivity index (χ2n) is 5.88. The number of aryl methyl sites for hydroxylation is 2. The maximum absolute atomic E-state index is 5.78. The minimum absolute atomic E-state index is 0.568. The summed E-state index contributed by atoms with van der Waals surface area (Å²) in [5, 5.41) is 7.71. The van der Waals surface area contributed by atoms with Gasteiger partial charge < -0.3 is 10.1 Å². The second-order valence-corrected chi connectivity index (χ2v) is 5.88. The van der Waals surface area contributed by atoms with E-state index in [1.165, 1.54) is 11.1 Å². The number of nitrogens with zero attached hydrogens (tertiary/aromatic N) is 2. The van der Waals surface area contributed by atoms with Crippen molar-refractivity contribution < 1.29 is 4.74 Å². The molecule has 1 aromatic heterocycles. The molecule has 114 valence electrons. The van der Waals surface area contributed by atoms with Crippen LogP contribution in [0.3, 0.4) is 0 Å². The summed E-state index contributed by atoms with van der Waals surface area (Å²) in [6.45, 7) is 8.93. The van der Waals surface area contributed by atoms with Crippen LogP contribution in [0, 0.1) is 12.8 Å². The molecule has 21 heavy (non-hydrogen) atoms. The molecule has 0 fully saturated rings. The Morgan fingerprint density at radius 1 is 1.19 bits per heavy atom. The van der Waals surface area contributed by atoms with Crippen molar-refractivity contribution >= 4 is 0 Å². The number of ether oxygens (including phenoxy) is 1. The molecule has 4 heteroatoms. The Balaban J connectivity index is 1.83. The first-order chi connectivity index (χ1) is 10.0. The highest BCUT2D eigenvalue weighted by Crippen LogP contribution is 2.14. The van der Waals surface area contributed by atoms with Gasteiger partial charge in [-0.25, -0.2) is 4.68 Å². The van der Waals surface area contributed by atoms with Gasteiger partial charge in [0.1, 0.15) is 6.61 Å². The van der Waals surface area contributed by atoms with Crippen LogP contribution < -0.4 is 10.1 Å². The Bertz CT molecular complexity index is 558. The van der Waals surface area contributed by atoms with Crippen molar-refractivity contribution in [2.24, 2.45) is 13.0 Å². The van der Waals surface area contributed by atoms with Gasteiger partial charge in [-0.2, -0.15) is 5.10 Å². The molecule has 1 aromatic carbocycles. The van der Waals surface area contributed by atoms with Crippen molar-refractivity contribution in [2.75, 3.05) is 6.54 Å². The highest BCUT2D eigenvalue weighted by molar-refractivity contribution is 5.23.